The number of ether oxygens (including phenoxy) is 1. The van der Waals surface area contributed by atoms with Gasteiger partial charge in [-0.1, -0.05) is 0 Å². The first-order valence-electron chi connectivity index (χ1n) is 4.48. The number of hydrogen-bond acceptors (Lipinski definition) is 5. The van der Waals surface area contributed by atoms with Crippen LogP contribution in [0.5, 0.6) is 11.5 Å². The Morgan fingerprint density at radius 1 is 1.44 bits per heavy atom. The zero-order valence-corrected chi connectivity index (χ0v) is 8.39. The number of nitrogens with one attached hydrogen (secondary N) is 1. The molecule has 2 aromatic rings. The van der Waals surface area contributed by atoms with E-state index in [-0.39, 0.29) is 16.9 Å². The molecule has 0 saturated carbocycles. The van der Waals surface area contributed by atoms with E-state index >= 15 is 0 Å². The van der Waals surface area contributed by atoms with Crippen molar-refractivity contribution in [3.8, 4) is 11.5 Å². The Labute approximate surface area is 89.5 Å². The summed E-state index contributed by atoms with van der Waals surface area (Å²) in [6, 6.07) is 2.43. The Balaban J connectivity index is 2.42. The van der Waals surface area contributed by atoms with E-state index in [9.17, 15) is 9.59 Å². The number of nitrogens with zero attached hydrogens (tertiary/aromatic N) is 1. The molecule has 0 aliphatic heterocycles. The summed E-state index contributed by atoms with van der Waals surface area (Å²) in [5.41, 5.74) is -0.723. The van der Waals surface area contributed by atoms with Crippen LogP contribution in [0.3, 0.4) is 0 Å². The number of aromatic amines is 1. The summed E-state index contributed by atoms with van der Waals surface area (Å²) in [7, 11) is 0. The lowest BCUT2D eigenvalue weighted by molar-refractivity contribution is 0.418. The standard InChI is InChI=1S/C10H8N2O4/c1-6-10(8(13)2-3-15-6)16-7-4-9(14)12-11-5-7/h2-5H,1H3,(H,12,14). The van der Waals surface area contributed by atoms with Crippen LogP contribution in [0.25, 0.3) is 0 Å². The zero-order chi connectivity index (χ0) is 11.5. The summed E-state index contributed by atoms with van der Waals surface area (Å²) in [6.07, 6.45) is 2.58. The van der Waals surface area contributed by atoms with E-state index in [4.69, 9.17) is 9.15 Å². The number of rotatable bonds is 2. The molecule has 2 heterocycles. The Morgan fingerprint density at radius 3 is 2.94 bits per heavy atom. The fourth-order valence-corrected chi connectivity index (χ4v) is 1.15. The molecule has 16 heavy (non-hydrogen) atoms. The van der Waals surface area contributed by atoms with E-state index in [1.807, 2.05) is 0 Å². The van der Waals surface area contributed by atoms with E-state index in [1.54, 1.807) is 6.92 Å². The van der Waals surface area contributed by atoms with Crippen molar-refractivity contribution < 1.29 is 9.15 Å². The highest BCUT2D eigenvalue weighted by Crippen LogP contribution is 2.18. The summed E-state index contributed by atoms with van der Waals surface area (Å²) >= 11 is 0. The molecule has 0 atom stereocenters. The Hall–Kier alpha value is -2.37. The van der Waals surface area contributed by atoms with Crippen LogP contribution in [0.4, 0.5) is 0 Å². The number of H-pyrrole nitrogens is 1. The van der Waals surface area contributed by atoms with Crippen molar-refractivity contribution in [2.24, 2.45) is 0 Å². The van der Waals surface area contributed by atoms with E-state index in [1.165, 1.54) is 24.6 Å². The van der Waals surface area contributed by atoms with Crippen molar-refractivity contribution in [1.82, 2.24) is 10.2 Å². The van der Waals surface area contributed by atoms with Gasteiger partial charge in [-0.3, -0.25) is 9.59 Å². The van der Waals surface area contributed by atoms with Gasteiger partial charge >= 0.3 is 0 Å². The molecule has 0 spiro atoms. The maximum absolute atomic E-state index is 11.4. The molecule has 0 unspecified atom stereocenters. The molecule has 2 rings (SSSR count). The third kappa shape index (κ3) is 2.00. The molecule has 0 fully saturated rings. The molecule has 6 nitrogen and oxygen atoms in total. The zero-order valence-electron chi connectivity index (χ0n) is 8.39. The fourth-order valence-electron chi connectivity index (χ4n) is 1.15. The van der Waals surface area contributed by atoms with Crippen molar-refractivity contribution >= 4 is 0 Å². The highest BCUT2D eigenvalue weighted by Gasteiger charge is 2.08. The molecular weight excluding hydrogens is 212 g/mol. The van der Waals surface area contributed by atoms with Gasteiger partial charge < -0.3 is 9.15 Å². The normalized spacial score (nSPS) is 10.1. The van der Waals surface area contributed by atoms with Crippen LogP contribution in [0, 0.1) is 6.92 Å². The second-order valence-electron chi connectivity index (χ2n) is 3.05. The predicted molar refractivity (Wildman–Crippen MR) is 54.6 cm³/mol. The maximum Gasteiger partial charge on any atom is 0.267 e. The summed E-state index contributed by atoms with van der Waals surface area (Å²) in [5.74, 6) is 0.577. The third-order valence-corrected chi connectivity index (χ3v) is 1.87. The van der Waals surface area contributed by atoms with Crippen LogP contribution < -0.4 is 15.7 Å². The molecule has 0 amide bonds. The first-order valence-corrected chi connectivity index (χ1v) is 4.48. The van der Waals surface area contributed by atoms with Gasteiger partial charge in [0, 0.05) is 12.1 Å². The molecule has 0 bridgehead atoms. The molecule has 0 radical (unpaired) electrons. The molecule has 6 heteroatoms. The lowest BCUT2D eigenvalue weighted by atomic mass is 10.3. The molecule has 0 aromatic carbocycles. The minimum absolute atomic E-state index is 0.0508. The van der Waals surface area contributed by atoms with Gasteiger partial charge in [0.25, 0.3) is 5.56 Å². The van der Waals surface area contributed by atoms with E-state index < -0.39 is 5.56 Å². The molecule has 0 saturated heterocycles. The van der Waals surface area contributed by atoms with Gasteiger partial charge in [-0.05, 0) is 6.92 Å². The highest BCUT2D eigenvalue weighted by atomic mass is 16.5. The molecule has 0 aliphatic rings. The minimum Gasteiger partial charge on any atom is -0.465 e. The fraction of sp³-hybridized carbons (Fsp3) is 0.100. The lowest BCUT2D eigenvalue weighted by Crippen LogP contribution is -2.09. The quantitative estimate of drug-likeness (QED) is 0.809. The minimum atomic E-state index is -0.407. The van der Waals surface area contributed by atoms with E-state index in [2.05, 4.69) is 10.2 Å². The average Bonchev–Trinajstić information content (AvgIpc) is 2.24. The van der Waals surface area contributed by atoms with Crippen LogP contribution in [0.2, 0.25) is 0 Å². The van der Waals surface area contributed by atoms with Crippen molar-refractivity contribution in [1.29, 1.82) is 0 Å². The second kappa shape index (κ2) is 4.01. The summed E-state index contributed by atoms with van der Waals surface area (Å²) in [6.45, 7) is 1.59. The smallest absolute Gasteiger partial charge is 0.267 e. The van der Waals surface area contributed by atoms with Crippen LogP contribution in [0.15, 0.2) is 38.6 Å². The molecular formula is C10H8N2O4. The van der Waals surface area contributed by atoms with Crippen molar-refractivity contribution in [2.45, 2.75) is 6.92 Å². The molecule has 0 aliphatic carbocycles. The second-order valence-corrected chi connectivity index (χ2v) is 3.05. The van der Waals surface area contributed by atoms with E-state index in [0.717, 1.165) is 0 Å². The van der Waals surface area contributed by atoms with Gasteiger partial charge in [-0.25, -0.2) is 5.10 Å². The van der Waals surface area contributed by atoms with Crippen molar-refractivity contribution in [2.75, 3.05) is 0 Å². The van der Waals surface area contributed by atoms with Gasteiger partial charge in [0.2, 0.25) is 11.2 Å². The summed E-state index contributed by atoms with van der Waals surface area (Å²) < 4.78 is 10.2. The Bertz CT molecular complexity index is 614. The van der Waals surface area contributed by atoms with E-state index in [0.29, 0.717) is 5.76 Å². The van der Waals surface area contributed by atoms with Gasteiger partial charge in [0.05, 0.1) is 12.5 Å². The Morgan fingerprint density at radius 2 is 2.25 bits per heavy atom. The highest BCUT2D eigenvalue weighted by molar-refractivity contribution is 5.29. The van der Waals surface area contributed by atoms with Gasteiger partial charge in [-0.15, -0.1) is 0 Å². The maximum atomic E-state index is 11.4. The lowest BCUT2D eigenvalue weighted by Gasteiger charge is -2.04. The first-order chi connectivity index (χ1) is 7.66. The summed E-state index contributed by atoms with van der Waals surface area (Å²) in [4.78, 5) is 22.4. The monoisotopic (exact) mass is 220 g/mol. The average molecular weight is 220 g/mol. The SMILES string of the molecule is Cc1occc(=O)c1Oc1cn[nH]c(=O)c1. The van der Waals surface area contributed by atoms with Crippen LogP contribution >= 0.6 is 0 Å². The van der Waals surface area contributed by atoms with Gasteiger partial charge in [0.15, 0.2) is 5.75 Å². The summed E-state index contributed by atoms with van der Waals surface area (Å²) in [5, 5.41) is 5.74. The predicted octanol–water partition coefficient (Wildman–Crippen LogP) is 0.824. The van der Waals surface area contributed by atoms with Gasteiger partial charge in [0.1, 0.15) is 5.76 Å². The third-order valence-electron chi connectivity index (χ3n) is 1.87. The molecule has 82 valence electrons. The van der Waals surface area contributed by atoms with Crippen molar-refractivity contribution in [3.05, 3.63) is 50.9 Å². The topological polar surface area (TPSA) is 85.2 Å². The number of aryl methyl sites for hydroxylation is 1. The molecule has 2 aromatic heterocycles. The van der Waals surface area contributed by atoms with Gasteiger partial charge in [-0.2, -0.15) is 5.10 Å². The first kappa shape index (κ1) is 10.2. The largest absolute Gasteiger partial charge is 0.465 e. The van der Waals surface area contributed by atoms with Crippen LogP contribution in [-0.2, 0) is 0 Å². The number of hydrogen-bond donors (Lipinski definition) is 1. The molecule has 1 N–H and O–H groups in total. The number of aromatic nitrogens is 2. The van der Waals surface area contributed by atoms with Crippen LogP contribution in [-0.4, -0.2) is 10.2 Å². The van der Waals surface area contributed by atoms with Crippen molar-refractivity contribution in [3.63, 3.8) is 0 Å². The van der Waals surface area contributed by atoms with Crippen LogP contribution in [0.1, 0.15) is 5.76 Å². The Kier molecular flexibility index (Phi) is 2.55.